The number of carbonyl (C=O) groups is 1. The van der Waals surface area contributed by atoms with E-state index in [1.54, 1.807) is 36.9 Å². The molecule has 9 heteroatoms. The number of ether oxygens (including phenoxy) is 1. The first-order chi connectivity index (χ1) is 12.4. The zero-order chi connectivity index (χ0) is 18.8. The highest BCUT2D eigenvalue weighted by Gasteiger charge is 2.18. The van der Waals surface area contributed by atoms with E-state index in [1.807, 2.05) is 6.92 Å². The molecule has 2 heterocycles. The number of aromatic nitrogens is 5. The van der Waals surface area contributed by atoms with Crippen LogP contribution < -0.4 is 10.1 Å². The maximum absolute atomic E-state index is 12.7. The summed E-state index contributed by atoms with van der Waals surface area (Å²) in [4.78, 5) is 17.8. The van der Waals surface area contributed by atoms with Crippen molar-refractivity contribution in [3.63, 3.8) is 0 Å². The molecular weight excluding hydrogens is 352 g/mol. The number of amides is 1. The Morgan fingerprint density at radius 2 is 2.08 bits per heavy atom. The van der Waals surface area contributed by atoms with Crippen LogP contribution in [0.25, 0.3) is 5.69 Å². The molecule has 2 aromatic heterocycles. The maximum atomic E-state index is 12.7. The molecule has 1 aromatic carbocycles. The second kappa shape index (κ2) is 7.20. The largest absolute Gasteiger partial charge is 0.494 e. The predicted octanol–water partition coefficient (Wildman–Crippen LogP) is 3.12. The van der Waals surface area contributed by atoms with E-state index in [-0.39, 0.29) is 11.8 Å². The van der Waals surface area contributed by atoms with Crippen molar-refractivity contribution < 1.29 is 9.53 Å². The summed E-state index contributed by atoms with van der Waals surface area (Å²) in [5.74, 6) is 1.33. The van der Waals surface area contributed by atoms with Gasteiger partial charge in [-0.1, -0.05) is 13.8 Å². The highest BCUT2D eigenvalue weighted by Crippen LogP contribution is 2.28. The molecule has 0 aliphatic rings. The molecule has 0 spiro atoms. The van der Waals surface area contributed by atoms with Gasteiger partial charge in [0.2, 0.25) is 0 Å². The van der Waals surface area contributed by atoms with Gasteiger partial charge in [0.05, 0.1) is 17.8 Å². The molecule has 3 rings (SSSR count). The second-order valence-electron chi connectivity index (χ2n) is 6.10. The van der Waals surface area contributed by atoms with Gasteiger partial charge in [-0.25, -0.2) is 4.98 Å². The lowest BCUT2D eigenvalue weighted by Crippen LogP contribution is -2.12. The van der Waals surface area contributed by atoms with Gasteiger partial charge < -0.3 is 10.1 Å². The fourth-order valence-electron chi connectivity index (χ4n) is 2.45. The van der Waals surface area contributed by atoms with E-state index >= 15 is 0 Å². The van der Waals surface area contributed by atoms with Crippen molar-refractivity contribution in [1.29, 1.82) is 0 Å². The van der Waals surface area contributed by atoms with Crippen molar-refractivity contribution >= 4 is 22.9 Å². The number of anilines is 1. The molecule has 0 bridgehead atoms. The third-order valence-corrected chi connectivity index (χ3v) is 5.26. The van der Waals surface area contributed by atoms with Gasteiger partial charge in [-0.15, -0.1) is 16.4 Å². The quantitative estimate of drug-likeness (QED) is 0.739. The summed E-state index contributed by atoms with van der Waals surface area (Å²) in [5, 5.41) is 15.4. The van der Waals surface area contributed by atoms with Gasteiger partial charge in [-0.3, -0.25) is 4.79 Å². The third kappa shape index (κ3) is 3.43. The van der Waals surface area contributed by atoms with E-state index in [4.69, 9.17) is 4.74 Å². The van der Waals surface area contributed by atoms with Crippen molar-refractivity contribution in [2.45, 2.75) is 33.6 Å². The molecule has 0 saturated carbocycles. The summed E-state index contributed by atoms with van der Waals surface area (Å²) in [6, 6.07) is 5.32. The van der Waals surface area contributed by atoms with Crippen LogP contribution in [0.3, 0.4) is 0 Å². The van der Waals surface area contributed by atoms with Crippen LogP contribution in [0.1, 0.15) is 46.0 Å². The molecule has 0 radical (unpaired) electrons. The van der Waals surface area contributed by atoms with Crippen molar-refractivity contribution in [1.82, 2.24) is 25.2 Å². The van der Waals surface area contributed by atoms with E-state index in [0.717, 1.165) is 10.7 Å². The minimum atomic E-state index is -0.184. The third-order valence-electron chi connectivity index (χ3n) is 3.80. The molecule has 1 N–H and O–H groups in total. The fraction of sp³-hybridized carbons (Fsp3) is 0.353. The monoisotopic (exact) mass is 372 g/mol. The Kier molecular flexibility index (Phi) is 4.99. The molecule has 0 atom stereocenters. The van der Waals surface area contributed by atoms with Crippen molar-refractivity contribution in [2.24, 2.45) is 0 Å². The predicted molar refractivity (Wildman–Crippen MR) is 99.3 cm³/mol. The topological polar surface area (TPSA) is 94.8 Å². The summed E-state index contributed by atoms with van der Waals surface area (Å²) >= 11 is 1.42. The van der Waals surface area contributed by atoms with Crippen LogP contribution >= 0.6 is 11.3 Å². The van der Waals surface area contributed by atoms with Crippen molar-refractivity contribution in [3.8, 4) is 11.4 Å². The van der Waals surface area contributed by atoms with Crippen LogP contribution in [0.15, 0.2) is 18.2 Å². The van der Waals surface area contributed by atoms with Gasteiger partial charge in [-0.05, 0) is 42.5 Å². The Balaban J connectivity index is 1.91. The van der Waals surface area contributed by atoms with Gasteiger partial charge in [-0.2, -0.15) is 4.68 Å². The van der Waals surface area contributed by atoms with Gasteiger partial charge in [0, 0.05) is 11.6 Å². The Labute approximate surface area is 155 Å². The van der Waals surface area contributed by atoms with Crippen molar-refractivity contribution in [2.75, 3.05) is 12.4 Å². The smallest absolute Gasteiger partial charge is 0.267 e. The number of thiazole rings is 1. The minimum absolute atomic E-state index is 0.184. The average Bonchev–Trinajstić information content (AvgIpc) is 3.20. The molecule has 0 saturated heterocycles. The van der Waals surface area contributed by atoms with Gasteiger partial charge in [0.25, 0.3) is 5.91 Å². The molecule has 136 valence electrons. The van der Waals surface area contributed by atoms with Gasteiger partial charge in [0.15, 0.2) is 5.82 Å². The van der Waals surface area contributed by atoms with Crippen LogP contribution in [-0.2, 0) is 0 Å². The summed E-state index contributed by atoms with van der Waals surface area (Å²) in [6.07, 6.45) is 0. The Morgan fingerprint density at radius 1 is 1.31 bits per heavy atom. The molecule has 0 aliphatic carbocycles. The van der Waals surface area contributed by atoms with Crippen LogP contribution in [0, 0.1) is 13.8 Å². The zero-order valence-electron chi connectivity index (χ0n) is 15.3. The van der Waals surface area contributed by atoms with E-state index in [9.17, 15) is 4.79 Å². The molecule has 0 aliphatic heterocycles. The van der Waals surface area contributed by atoms with E-state index < -0.39 is 0 Å². The SMILES string of the molecule is COc1ccc(NC(=O)c2sc(C(C)C)nc2C)cc1-n1nnnc1C. The van der Waals surface area contributed by atoms with Crippen LogP contribution in [0.5, 0.6) is 5.75 Å². The minimum Gasteiger partial charge on any atom is -0.494 e. The van der Waals surface area contributed by atoms with E-state index in [0.29, 0.717) is 27.8 Å². The highest BCUT2D eigenvalue weighted by molar-refractivity contribution is 7.14. The van der Waals surface area contributed by atoms with Gasteiger partial charge >= 0.3 is 0 Å². The highest BCUT2D eigenvalue weighted by atomic mass is 32.1. The van der Waals surface area contributed by atoms with Gasteiger partial charge in [0.1, 0.15) is 16.3 Å². The molecule has 0 fully saturated rings. The molecule has 1 amide bonds. The first-order valence-electron chi connectivity index (χ1n) is 8.12. The van der Waals surface area contributed by atoms with E-state index in [1.165, 1.54) is 11.3 Å². The lowest BCUT2D eigenvalue weighted by atomic mass is 10.2. The molecule has 26 heavy (non-hydrogen) atoms. The van der Waals surface area contributed by atoms with Crippen LogP contribution in [0.4, 0.5) is 5.69 Å². The number of nitrogens with one attached hydrogen (secondary N) is 1. The van der Waals surface area contributed by atoms with Crippen molar-refractivity contribution in [3.05, 3.63) is 39.6 Å². The first kappa shape index (κ1) is 18.0. The number of methoxy groups -OCH3 is 1. The number of rotatable bonds is 5. The standard InChI is InChI=1S/C17H20N6O2S/c1-9(2)17-18-10(3)15(26-17)16(24)19-12-6-7-14(25-5)13(8-12)23-11(4)20-21-22-23/h6-9H,1-5H3,(H,19,24). The van der Waals surface area contributed by atoms with Crippen LogP contribution in [0.2, 0.25) is 0 Å². The number of nitrogens with zero attached hydrogens (tertiary/aromatic N) is 5. The number of tetrazole rings is 1. The number of aryl methyl sites for hydroxylation is 2. The second-order valence-corrected chi connectivity index (χ2v) is 7.13. The molecular formula is C17H20N6O2S. The number of benzene rings is 1. The lowest BCUT2D eigenvalue weighted by Gasteiger charge is -2.11. The molecule has 8 nitrogen and oxygen atoms in total. The number of hydrogen-bond acceptors (Lipinski definition) is 7. The normalized spacial score (nSPS) is 11.0. The maximum Gasteiger partial charge on any atom is 0.267 e. The summed E-state index contributed by atoms with van der Waals surface area (Å²) in [7, 11) is 1.57. The molecule has 3 aromatic rings. The van der Waals surface area contributed by atoms with Crippen LogP contribution in [-0.4, -0.2) is 38.2 Å². The number of carbonyl (C=O) groups excluding carboxylic acids is 1. The Hall–Kier alpha value is -2.81. The van der Waals surface area contributed by atoms with E-state index in [2.05, 4.69) is 39.7 Å². The summed E-state index contributed by atoms with van der Waals surface area (Å²) in [5.41, 5.74) is 2.01. The average molecular weight is 372 g/mol. The summed E-state index contributed by atoms with van der Waals surface area (Å²) in [6.45, 7) is 7.76. The fourth-order valence-corrected chi connectivity index (χ4v) is 3.41. The zero-order valence-corrected chi connectivity index (χ0v) is 16.1. The Morgan fingerprint density at radius 3 is 2.65 bits per heavy atom. The Bertz CT molecular complexity index is 947. The number of hydrogen-bond donors (Lipinski definition) is 1. The first-order valence-corrected chi connectivity index (χ1v) is 8.94. The summed E-state index contributed by atoms with van der Waals surface area (Å²) < 4.78 is 6.94. The molecule has 0 unspecified atom stereocenters. The lowest BCUT2D eigenvalue weighted by molar-refractivity contribution is 0.103.